The fourth-order valence-electron chi connectivity index (χ4n) is 3.82. The molecule has 0 aliphatic carbocycles. The summed E-state index contributed by atoms with van der Waals surface area (Å²) in [6.45, 7) is 1.04. The molecule has 0 saturated carbocycles. The summed E-state index contributed by atoms with van der Waals surface area (Å²) in [7, 11) is 1.55. The molecular weight excluding hydrogens is 458 g/mol. The standard InChI is InChI=1S/C25H22F2N4O4/c1-25(26,27)14-29-24-28-12-16-13-31(17-5-8-19-20(11-17)35-10-9-34-19)23(32)21(22(16)30-24)15-3-6-18(33-2)7-4-15/h3-8,11-13H,9-10,14H2,1-2H3,(H,29,30). The second kappa shape index (κ2) is 8.86. The number of halogens is 2. The van der Waals surface area contributed by atoms with Crippen LogP contribution >= 0.6 is 0 Å². The van der Waals surface area contributed by atoms with Gasteiger partial charge in [-0.3, -0.25) is 9.36 Å². The number of hydrogen-bond acceptors (Lipinski definition) is 7. The average molecular weight is 480 g/mol. The minimum atomic E-state index is -2.95. The predicted octanol–water partition coefficient (Wildman–Crippen LogP) is 4.29. The third-order valence-corrected chi connectivity index (χ3v) is 5.49. The number of rotatable bonds is 6. The number of pyridine rings is 1. The number of nitrogens with zero attached hydrogens (tertiary/aromatic N) is 3. The summed E-state index contributed by atoms with van der Waals surface area (Å²) in [6.07, 6.45) is 3.12. The van der Waals surface area contributed by atoms with Crippen LogP contribution in [0.4, 0.5) is 14.7 Å². The van der Waals surface area contributed by atoms with Crippen LogP contribution in [0.2, 0.25) is 0 Å². The van der Waals surface area contributed by atoms with E-state index in [0.29, 0.717) is 58.2 Å². The van der Waals surface area contributed by atoms with Crippen molar-refractivity contribution in [2.24, 2.45) is 0 Å². The highest BCUT2D eigenvalue weighted by atomic mass is 19.3. The van der Waals surface area contributed by atoms with Gasteiger partial charge in [-0.1, -0.05) is 12.1 Å². The summed E-state index contributed by atoms with van der Waals surface area (Å²) in [5.74, 6) is -1.16. The zero-order valence-corrected chi connectivity index (χ0v) is 19.0. The third kappa shape index (κ3) is 4.59. The lowest BCUT2D eigenvalue weighted by Crippen LogP contribution is -2.24. The van der Waals surface area contributed by atoms with Crippen molar-refractivity contribution in [3.63, 3.8) is 0 Å². The van der Waals surface area contributed by atoms with E-state index in [-0.39, 0.29) is 11.5 Å². The van der Waals surface area contributed by atoms with Crippen molar-refractivity contribution in [3.8, 4) is 34.1 Å². The molecule has 35 heavy (non-hydrogen) atoms. The Hall–Kier alpha value is -4.21. The fraction of sp³-hybridized carbons (Fsp3) is 0.240. The van der Waals surface area contributed by atoms with Crippen molar-refractivity contribution in [2.75, 3.05) is 32.2 Å². The summed E-state index contributed by atoms with van der Waals surface area (Å²) in [5, 5.41) is 3.10. The molecule has 0 spiro atoms. The zero-order valence-electron chi connectivity index (χ0n) is 19.0. The largest absolute Gasteiger partial charge is 0.497 e. The van der Waals surface area contributed by atoms with Crippen LogP contribution in [0.3, 0.4) is 0 Å². The van der Waals surface area contributed by atoms with Gasteiger partial charge in [0.2, 0.25) is 5.95 Å². The lowest BCUT2D eigenvalue weighted by molar-refractivity contribution is 0.0366. The Labute approximate surface area is 199 Å². The molecule has 2 aromatic heterocycles. The Bertz CT molecular complexity index is 1450. The maximum Gasteiger partial charge on any atom is 0.265 e. The summed E-state index contributed by atoms with van der Waals surface area (Å²) in [6, 6.07) is 12.2. The lowest BCUT2D eigenvalue weighted by atomic mass is 10.0. The van der Waals surface area contributed by atoms with E-state index in [4.69, 9.17) is 14.2 Å². The summed E-state index contributed by atoms with van der Waals surface area (Å²) < 4.78 is 44.7. The third-order valence-electron chi connectivity index (χ3n) is 5.49. The maximum atomic E-state index is 13.8. The molecular formula is C25H22F2N4O4. The van der Waals surface area contributed by atoms with Crippen molar-refractivity contribution >= 4 is 16.9 Å². The number of hydrogen-bond donors (Lipinski definition) is 1. The van der Waals surface area contributed by atoms with Crippen molar-refractivity contribution in [2.45, 2.75) is 12.8 Å². The molecule has 1 N–H and O–H groups in total. The SMILES string of the molecule is COc1ccc(-c2c(=O)n(-c3ccc4c(c3)OCCO4)cc3cnc(NCC(C)(F)F)nc23)cc1. The van der Waals surface area contributed by atoms with E-state index in [1.54, 1.807) is 55.8 Å². The molecule has 0 bridgehead atoms. The molecule has 0 amide bonds. The Morgan fingerprint density at radius 1 is 1.11 bits per heavy atom. The van der Waals surface area contributed by atoms with Crippen LogP contribution in [0.15, 0.2) is 59.7 Å². The van der Waals surface area contributed by atoms with Gasteiger partial charge in [0.1, 0.15) is 19.0 Å². The van der Waals surface area contributed by atoms with Crippen molar-refractivity contribution in [1.29, 1.82) is 0 Å². The molecule has 5 rings (SSSR count). The smallest absolute Gasteiger partial charge is 0.265 e. The second-order valence-electron chi connectivity index (χ2n) is 8.16. The number of aromatic nitrogens is 3. The van der Waals surface area contributed by atoms with Gasteiger partial charge in [0.05, 0.1) is 30.4 Å². The van der Waals surface area contributed by atoms with E-state index >= 15 is 0 Å². The van der Waals surface area contributed by atoms with Crippen molar-refractivity contribution < 1.29 is 23.0 Å². The van der Waals surface area contributed by atoms with Gasteiger partial charge in [0.25, 0.3) is 11.5 Å². The molecule has 0 fully saturated rings. The molecule has 4 aromatic rings. The molecule has 1 aliphatic rings. The van der Waals surface area contributed by atoms with E-state index < -0.39 is 12.5 Å². The first kappa shape index (κ1) is 22.6. The highest BCUT2D eigenvalue weighted by Gasteiger charge is 2.22. The van der Waals surface area contributed by atoms with E-state index in [0.717, 1.165) is 6.92 Å². The molecule has 3 heterocycles. The van der Waals surface area contributed by atoms with Crippen molar-refractivity contribution in [3.05, 3.63) is 65.2 Å². The van der Waals surface area contributed by atoms with Crippen LogP contribution in [0.1, 0.15) is 6.92 Å². The van der Waals surface area contributed by atoms with Gasteiger partial charge in [-0.05, 0) is 29.8 Å². The zero-order chi connectivity index (χ0) is 24.6. The number of anilines is 1. The molecule has 0 saturated heterocycles. The van der Waals surface area contributed by atoms with Gasteiger partial charge in [0.15, 0.2) is 11.5 Å². The van der Waals surface area contributed by atoms with Crippen LogP contribution in [-0.2, 0) is 0 Å². The first-order valence-corrected chi connectivity index (χ1v) is 10.9. The molecule has 1 aliphatic heterocycles. The number of ether oxygens (including phenoxy) is 3. The summed E-state index contributed by atoms with van der Waals surface area (Å²) >= 11 is 0. The van der Waals surface area contributed by atoms with E-state index in [1.807, 2.05) is 0 Å². The molecule has 2 aromatic carbocycles. The first-order valence-electron chi connectivity index (χ1n) is 10.9. The molecule has 0 radical (unpaired) electrons. The highest BCUT2D eigenvalue weighted by molar-refractivity contribution is 5.93. The Morgan fingerprint density at radius 3 is 2.57 bits per heavy atom. The van der Waals surface area contributed by atoms with E-state index in [2.05, 4.69) is 15.3 Å². The van der Waals surface area contributed by atoms with Gasteiger partial charge in [-0.2, -0.15) is 0 Å². The molecule has 10 heteroatoms. The highest BCUT2D eigenvalue weighted by Crippen LogP contribution is 2.33. The second-order valence-corrected chi connectivity index (χ2v) is 8.16. The normalized spacial score (nSPS) is 13.0. The fourth-order valence-corrected chi connectivity index (χ4v) is 3.82. The first-order chi connectivity index (χ1) is 16.8. The quantitative estimate of drug-likeness (QED) is 0.440. The monoisotopic (exact) mass is 480 g/mol. The van der Waals surface area contributed by atoms with Crippen LogP contribution in [-0.4, -0.2) is 47.3 Å². The van der Waals surface area contributed by atoms with Gasteiger partial charge >= 0.3 is 0 Å². The minimum absolute atomic E-state index is 0.00488. The van der Waals surface area contributed by atoms with Gasteiger partial charge < -0.3 is 19.5 Å². The maximum absolute atomic E-state index is 13.8. The predicted molar refractivity (Wildman–Crippen MR) is 127 cm³/mol. The molecule has 0 atom stereocenters. The van der Waals surface area contributed by atoms with E-state index in [1.165, 1.54) is 10.8 Å². The molecule has 8 nitrogen and oxygen atoms in total. The number of methoxy groups -OCH3 is 1. The Kier molecular flexibility index (Phi) is 5.72. The van der Waals surface area contributed by atoms with Gasteiger partial charge in [-0.15, -0.1) is 0 Å². The number of alkyl halides is 2. The van der Waals surface area contributed by atoms with Gasteiger partial charge in [-0.25, -0.2) is 18.7 Å². The summed E-state index contributed by atoms with van der Waals surface area (Å²) in [5.41, 5.74) is 1.46. The van der Waals surface area contributed by atoms with Crippen LogP contribution in [0.25, 0.3) is 27.7 Å². The summed E-state index contributed by atoms with van der Waals surface area (Å²) in [4.78, 5) is 22.4. The van der Waals surface area contributed by atoms with E-state index in [9.17, 15) is 13.6 Å². The average Bonchev–Trinajstić information content (AvgIpc) is 2.86. The lowest BCUT2D eigenvalue weighted by Gasteiger charge is -2.20. The molecule has 180 valence electrons. The topological polar surface area (TPSA) is 87.5 Å². The Balaban J connectivity index is 1.69. The number of nitrogens with one attached hydrogen (secondary N) is 1. The minimum Gasteiger partial charge on any atom is -0.497 e. The number of fused-ring (bicyclic) bond motifs is 2. The van der Waals surface area contributed by atoms with Crippen molar-refractivity contribution in [1.82, 2.24) is 14.5 Å². The van der Waals surface area contributed by atoms with Crippen LogP contribution in [0, 0.1) is 0 Å². The van der Waals surface area contributed by atoms with Gasteiger partial charge in [0, 0.05) is 30.8 Å². The molecule has 0 unspecified atom stereocenters. The van der Waals surface area contributed by atoms with Crippen LogP contribution < -0.4 is 25.1 Å². The number of benzene rings is 2. The Morgan fingerprint density at radius 2 is 1.86 bits per heavy atom. The van der Waals surface area contributed by atoms with Crippen LogP contribution in [0.5, 0.6) is 17.2 Å².